The highest BCUT2D eigenvalue weighted by Gasteiger charge is 2.51. The lowest BCUT2D eigenvalue weighted by molar-refractivity contribution is -0.161. The van der Waals surface area contributed by atoms with Crippen molar-refractivity contribution in [1.29, 1.82) is 0 Å². The molecule has 4 fully saturated rings. The number of esters is 2. The summed E-state index contributed by atoms with van der Waals surface area (Å²) in [5.41, 5.74) is 7.92. The van der Waals surface area contributed by atoms with Gasteiger partial charge in [-0.3, -0.25) is 19.4 Å². The predicted molar refractivity (Wildman–Crippen MR) is 197 cm³/mol. The number of methoxy groups -OCH3 is 2. The van der Waals surface area contributed by atoms with E-state index in [1.807, 2.05) is 0 Å². The highest BCUT2D eigenvalue weighted by molar-refractivity contribution is 5.86. The summed E-state index contributed by atoms with van der Waals surface area (Å²) in [6.07, 6.45) is 6.27. The average molecular weight is 709 g/mol. The summed E-state index contributed by atoms with van der Waals surface area (Å²) in [5.74, 6) is 0.108. The third-order valence-corrected chi connectivity index (χ3v) is 14.0. The lowest BCUT2D eigenvalue weighted by Gasteiger charge is -2.50. The third kappa shape index (κ3) is 5.60. The molecule has 2 saturated carbocycles. The standard InChI is InChI=1S/2C21H26N2O3/c2*1-26-21(25)19-15-10-17-20-14(13-4-2-3-5-16(13)22-20)8-9-23(17)11-12(15)6-7-18(19)24/h2*2-5,12,15,17-19,22,24H,6-11H2,1H3/t2*12-,15-,17-,18-,19+/m00/s1. The van der Waals surface area contributed by atoms with Crippen molar-refractivity contribution < 1.29 is 29.3 Å². The van der Waals surface area contributed by atoms with E-state index in [0.29, 0.717) is 36.8 Å². The number of hydrogen-bond acceptors (Lipinski definition) is 8. The minimum atomic E-state index is -0.568. The second kappa shape index (κ2) is 13.6. The predicted octanol–water partition coefficient (Wildman–Crippen LogP) is 5.29. The number of fused-ring (bicyclic) bond motifs is 12. The van der Waals surface area contributed by atoms with Gasteiger partial charge in [0, 0.05) is 59.4 Å². The zero-order valence-electron chi connectivity index (χ0n) is 30.3. The van der Waals surface area contributed by atoms with Crippen molar-refractivity contribution in [3.63, 3.8) is 0 Å². The number of carbonyl (C=O) groups is 2. The Morgan fingerprint density at radius 1 is 0.654 bits per heavy atom. The van der Waals surface area contributed by atoms with Crippen LogP contribution in [0.5, 0.6) is 0 Å². The summed E-state index contributed by atoms with van der Waals surface area (Å²) in [6, 6.07) is 17.7. The van der Waals surface area contributed by atoms with Crippen molar-refractivity contribution in [2.24, 2.45) is 35.5 Å². The second-order valence-corrected chi connectivity index (χ2v) is 16.4. The molecule has 4 N–H and O–H groups in total. The molecule has 10 atom stereocenters. The molecule has 6 heterocycles. The van der Waals surface area contributed by atoms with E-state index in [9.17, 15) is 19.8 Å². The van der Waals surface area contributed by atoms with Gasteiger partial charge in [0.1, 0.15) is 0 Å². The summed E-state index contributed by atoms with van der Waals surface area (Å²) >= 11 is 0. The number of ether oxygens (including phenoxy) is 2. The molecule has 10 heteroatoms. The van der Waals surface area contributed by atoms with Gasteiger partial charge in [-0.25, -0.2) is 0 Å². The first-order chi connectivity index (χ1) is 25.3. The molecule has 2 aromatic heterocycles. The van der Waals surface area contributed by atoms with Crippen LogP contribution in [0.15, 0.2) is 48.5 Å². The number of H-pyrrole nitrogens is 2. The van der Waals surface area contributed by atoms with Gasteiger partial charge in [0.05, 0.1) is 50.3 Å². The van der Waals surface area contributed by atoms with Crippen molar-refractivity contribution in [1.82, 2.24) is 19.8 Å². The quantitative estimate of drug-likeness (QED) is 0.207. The van der Waals surface area contributed by atoms with E-state index in [-0.39, 0.29) is 35.6 Å². The van der Waals surface area contributed by atoms with E-state index in [2.05, 4.69) is 68.3 Å². The minimum Gasteiger partial charge on any atom is -0.469 e. The number of para-hydroxylation sites is 2. The molecule has 4 aliphatic heterocycles. The zero-order chi connectivity index (χ0) is 35.7. The first-order valence-corrected chi connectivity index (χ1v) is 19.5. The maximum absolute atomic E-state index is 12.4. The van der Waals surface area contributed by atoms with Gasteiger partial charge in [-0.15, -0.1) is 0 Å². The number of hydrogen-bond donors (Lipinski definition) is 4. The first kappa shape index (κ1) is 34.1. The van der Waals surface area contributed by atoms with Crippen molar-refractivity contribution in [2.75, 3.05) is 40.4 Å². The molecule has 52 heavy (non-hydrogen) atoms. The van der Waals surface area contributed by atoms with E-state index >= 15 is 0 Å². The maximum atomic E-state index is 12.4. The van der Waals surface area contributed by atoms with Crippen molar-refractivity contribution in [3.05, 3.63) is 71.0 Å². The Kier molecular flexibility index (Phi) is 8.93. The fraction of sp³-hybridized carbons (Fsp3) is 0.571. The molecular weight excluding hydrogens is 656 g/mol. The fourth-order valence-electron chi connectivity index (χ4n) is 11.6. The Morgan fingerprint density at radius 3 is 1.50 bits per heavy atom. The molecular formula is C42H52N4O6. The van der Waals surface area contributed by atoms with Gasteiger partial charge in [0.25, 0.3) is 0 Å². The average Bonchev–Trinajstić information content (AvgIpc) is 3.75. The lowest BCUT2D eigenvalue weighted by atomic mass is 9.65. The van der Waals surface area contributed by atoms with Gasteiger partial charge in [-0.05, 0) is 98.3 Å². The number of nitrogens with one attached hydrogen (secondary N) is 2. The normalized spacial score (nSPS) is 34.0. The van der Waals surface area contributed by atoms with Gasteiger partial charge in [-0.1, -0.05) is 36.4 Å². The highest BCUT2D eigenvalue weighted by Crippen LogP contribution is 2.51. The van der Waals surface area contributed by atoms with Crippen molar-refractivity contribution >= 4 is 33.7 Å². The molecule has 2 saturated heterocycles. The number of aliphatic hydroxyl groups excluding tert-OH is 2. The number of aliphatic hydroxyl groups is 2. The van der Waals surface area contributed by atoms with E-state index < -0.39 is 12.2 Å². The molecule has 10 rings (SSSR count). The first-order valence-electron chi connectivity index (χ1n) is 19.5. The smallest absolute Gasteiger partial charge is 0.311 e. The van der Waals surface area contributed by atoms with Gasteiger partial charge in [0.2, 0.25) is 0 Å². The summed E-state index contributed by atoms with van der Waals surface area (Å²) in [4.78, 5) is 37.2. The largest absolute Gasteiger partial charge is 0.469 e. The summed E-state index contributed by atoms with van der Waals surface area (Å²) in [6.45, 7) is 4.19. The van der Waals surface area contributed by atoms with Crippen LogP contribution in [0.1, 0.15) is 73.1 Å². The molecule has 0 amide bonds. The topological polar surface area (TPSA) is 131 Å². The van der Waals surface area contributed by atoms with Gasteiger partial charge < -0.3 is 29.7 Å². The van der Waals surface area contributed by atoms with Crippen LogP contribution in [0.4, 0.5) is 0 Å². The SMILES string of the molecule is COC(=O)[C@@H]1[C@H]2C[C@H]3c4[nH]c5ccccc5c4CCN3C[C@@H]2CC[C@@H]1O.COC(=O)[C@@H]1[C@H]2C[C@H]3c4[nH]c5ccccc5c4CCN3C[C@@H]2CC[C@@H]1O. The molecule has 0 unspecified atom stereocenters. The van der Waals surface area contributed by atoms with Crippen LogP contribution in [-0.4, -0.2) is 94.5 Å². The summed E-state index contributed by atoms with van der Waals surface area (Å²) in [7, 11) is 2.87. The summed E-state index contributed by atoms with van der Waals surface area (Å²) in [5, 5.41) is 23.6. The van der Waals surface area contributed by atoms with Crippen LogP contribution in [0, 0.1) is 35.5 Å². The van der Waals surface area contributed by atoms with E-state index in [4.69, 9.17) is 9.47 Å². The van der Waals surface area contributed by atoms with Crippen molar-refractivity contribution in [2.45, 2.75) is 75.7 Å². The Morgan fingerprint density at radius 2 is 1.08 bits per heavy atom. The number of benzene rings is 2. The minimum absolute atomic E-state index is 0.199. The van der Waals surface area contributed by atoms with E-state index in [1.54, 1.807) is 0 Å². The Bertz CT molecular complexity index is 1830. The monoisotopic (exact) mass is 708 g/mol. The van der Waals surface area contributed by atoms with Crippen LogP contribution >= 0.6 is 0 Å². The molecule has 276 valence electrons. The molecule has 2 aliphatic carbocycles. The molecule has 6 aliphatic rings. The Hall–Kier alpha value is -3.70. The van der Waals surface area contributed by atoms with Crippen LogP contribution in [0.2, 0.25) is 0 Å². The maximum Gasteiger partial charge on any atom is 0.311 e. The number of aromatic amines is 2. The number of aromatic nitrogens is 2. The second-order valence-electron chi connectivity index (χ2n) is 16.4. The third-order valence-electron chi connectivity index (χ3n) is 14.0. The number of nitrogens with zero attached hydrogens (tertiary/aromatic N) is 2. The van der Waals surface area contributed by atoms with Gasteiger partial charge in [0.15, 0.2) is 0 Å². The molecule has 0 spiro atoms. The Labute approximate surface area is 304 Å². The fourth-order valence-corrected chi connectivity index (χ4v) is 11.6. The zero-order valence-corrected chi connectivity index (χ0v) is 30.3. The number of carbonyl (C=O) groups excluding carboxylic acids is 2. The number of rotatable bonds is 2. The van der Waals surface area contributed by atoms with Crippen LogP contribution in [-0.2, 0) is 31.9 Å². The van der Waals surface area contributed by atoms with E-state index in [0.717, 1.165) is 64.7 Å². The summed E-state index contributed by atoms with van der Waals surface area (Å²) < 4.78 is 10.1. The Balaban J connectivity index is 0.000000138. The molecule has 0 bridgehead atoms. The molecule has 4 aromatic rings. The molecule has 0 radical (unpaired) electrons. The molecule has 2 aromatic carbocycles. The lowest BCUT2D eigenvalue weighted by Crippen LogP contribution is -2.53. The number of piperidine rings is 2. The van der Waals surface area contributed by atoms with Crippen molar-refractivity contribution in [3.8, 4) is 0 Å². The van der Waals surface area contributed by atoms with Crippen LogP contribution in [0.25, 0.3) is 21.8 Å². The van der Waals surface area contributed by atoms with Gasteiger partial charge >= 0.3 is 11.9 Å². The van der Waals surface area contributed by atoms with Crippen LogP contribution < -0.4 is 0 Å². The van der Waals surface area contributed by atoms with Crippen LogP contribution in [0.3, 0.4) is 0 Å². The van der Waals surface area contributed by atoms with E-state index in [1.165, 1.54) is 58.5 Å². The van der Waals surface area contributed by atoms with Gasteiger partial charge in [-0.2, -0.15) is 0 Å². The highest BCUT2D eigenvalue weighted by atomic mass is 16.5. The molecule has 10 nitrogen and oxygen atoms in total.